The van der Waals surface area contributed by atoms with Crippen LogP contribution in [0, 0.1) is 13.8 Å². The van der Waals surface area contributed by atoms with Crippen LogP contribution in [0.1, 0.15) is 22.3 Å². The number of nitrogens with zero attached hydrogens (tertiary/aromatic N) is 2. The first-order chi connectivity index (χ1) is 18.4. The van der Waals surface area contributed by atoms with Gasteiger partial charge in [-0.05, 0) is 66.1 Å². The van der Waals surface area contributed by atoms with E-state index in [1.54, 1.807) is 36.4 Å². The highest BCUT2D eigenvalue weighted by Crippen LogP contribution is 2.46. The highest BCUT2D eigenvalue weighted by molar-refractivity contribution is 6.09. The van der Waals surface area contributed by atoms with Crippen LogP contribution in [-0.2, 0) is 12.4 Å². The molecule has 2 aromatic heterocycles. The number of hydrogen-bond acceptors (Lipinski definition) is 3. The predicted molar refractivity (Wildman–Crippen MR) is 137 cm³/mol. The second kappa shape index (κ2) is 8.56. The average Bonchev–Trinajstić information content (AvgIpc) is 3.31. The number of furan rings is 1. The second-order valence-electron chi connectivity index (χ2n) is 9.38. The van der Waals surface area contributed by atoms with Crippen molar-refractivity contribution in [3.05, 3.63) is 95.1 Å². The molecule has 0 saturated carbocycles. The van der Waals surface area contributed by atoms with Crippen LogP contribution in [0.2, 0.25) is 0 Å². The van der Waals surface area contributed by atoms with Crippen molar-refractivity contribution in [1.82, 2.24) is 10.2 Å². The van der Waals surface area contributed by atoms with Crippen LogP contribution >= 0.6 is 0 Å². The third-order valence-electron chi connectivity index (χ3n) is 7.05. The highest BCUT2D eigenvalue weighted by Gasteiger charge is 2.41. The maximum atomic E-state index is 14.3. The lowest BCUT2D eigenvalue weighted by atomic mass is 9.88. The van der Waals surface area contributed by atoms with Crippen molar-refractivity contribution in [1.29, 1.82) is 0 Å². The largest absolute Gasteiger partial charge is 0.454 e. The fourth-order valence-electron chi connectivity index (χ4n) is 5.04. The normalized spacial score (nSPS) is 12.6. The molecular weight excluding hydrogens is 518 g/mol. The summed E-state index contributed by atoms with van der Waals surface area (Å²) in [5.74, 6) is 0.367. The molecule has 9 heteroatoms. The molecule has 2 heterocycles. The summed E-state index contributed by atoms with van der Waals surface area (Å²) in [6, 6.07) is 20.0. The van der Waals surface area contributed by atoms with E-state index < -0.39 is 29.0 Å². The summed E-state index contributed by atoms with van der Waals surface area (Å²) >= 11 is 0. The lowest BCUT2D eigenvalue weighted by Gasteiger charge is -2.22. The Labute approximate surface area is 217 Å². The van der Waals surface area contributed by atoms with E-state index in [-0.39, 0.29) is 22.9 Å². The fraction of sp³-hybridized carbons (Fsp3) is 0.133. The molecule has 6 rings (SSSR count). The number of para-hydroxylation sites is 1. The zero-order valence-electron chi connectivity index (χ0n) is 20.5. The van der Waals surface area contributed by atoms with Gasteiger partial charge < -0.3 is 4.42 Å². The second-order valence-corrected chi connectivity index (χ2v) is 9.38. The summed E-state index contributed by atoms with van der Waals surface area (Å²) in [6.07, 6.45) is -10.0. The fourth-order valence-corrected chi connectivity index (χ4v) is 5.04. The zero-order chi connectivity index (χ0) is 27.7. The predicted octanol–water partition coefficient (Wildman–Crippen LogP) is 9.52. The van der Waals surface area contributed by atoms with Crippen molar-refractivity contribution in [2.24, 2.45) is 0 Å². The Morgan fingerprint density at radius 3 is 1.72 bits per heavy atom. The van der Waals surface area contributed by atoms with Crippen molar-refractivity contribution < 1.29 is 30.8 Å². The molecule has 0 aliphatic carbocycles. The van der Waals surface area contributed by atoms with E-state index in [1.807, 2.05) is 30.3 Å². The molecule has 196 valence electrons. The van der Waals surface area contributed by atoms with Crippen LogP contribution in [0.25, 0.3) is 55.2 Å². The van der Waals surface area contributed by atoms with Gasteiger partial charge in [-0.3, -0.25) is 0 Å². The highest BCUT2D eigenvalue weighted by atomic mass is 19.4. The summed E-state index contributed by atoms with van der Waals surface area (Å²) in [6.45, 7) is 2.41. The average molecular weight is 536 g/mol. The molecule has 0 amide bonds. The summed E-state index contributed by atoms with van der Waals surface area (Å²) in [5.41, 5.74) is -2.91. The van der Waals surface area contributed by atoms with Crippen molar-refractivity contribution in [3.63, 3.8) is 0 Å². The van der Waals surface area contributed by atoms with Gasteiger partial charge in [-0.1, -0.05) is 42.5 Å². The number of alkyl halides is 6. The molecule has 0 atom stereocenters. The molecule has 0 fully saturated rings. The Balaban J connectivity index is 1.73. The number of fused-ring (bicyclic) bond motifs is 3. The molecule has 0 N–H and O–H groups in total. The summed E-state index contributed by atoms with van der Waals surface area (Å²) in [4.78, 5) is 0. The molecule has 0 saturated heterocycles. The van der Waals surface area contributed by atoms with Crippen LogP contribution in [-0.4, -0.2) is 10.2 Å². The summed E-state index contributed by atoms with van der Waals surface area (Å²) in [7, 11) is 0. The molecule has 0 aliphatic heterocycles. The molecule has 0 unspecified atom stereocenters. The number of aromatic nitrogens is 2. The maximum Gasteiger partial charge on any atom is 0.417 e. The Morgan fingerprint density at radius 2 is 1.13 bits per heavy atom. The van der Waals surface area contributed by atoms with E-state index in [0.717, 1.165) is 23.1 Å². The third-order valence-corrected chi connectivity index (χ3v) is 7.05. The molecule has 0 bridgehead atoms. The molecule has 4 aromatic carbocycles. The van der Waals surface area contributed by atoms with Gasteiger partial charge in [0.2, 0.25) is 0 Å². The zero-order valence-corrected chi connectivity index (χ0v) is 20.5. The van der Waals surface area contributed by atoms with E-state index in [1.165, 1.54) is 6.92 Å². The topological polar surface area (TPSA) is 38.9 Å². The monoisotopic (exact) mass is 536 g/mol. The molecular formula is C30H18F6N2O. The Morgan fingerprint density at radius 1 is 0.590 bits per heavy atom. The number of halogens is 6. The Kier molecular flexibility index (Phi) is 5.47. The molecule has 6 aromatic rings. The minimum atomic E-state index is -5.07. The van der Waals surface area contributed by atoms with Crippen molar-refractivity contribution in [2.75, 3.05) is 0 Å². The van der Waals surface area contributed by atoms with Gasteiger partial charge in [0.25, 0.3) is 0 Å². The molecule has 0 radical (unpaired) electrons. The lowest BCUT2D eigenvalue weighted by molar-refractivity contribution is -0.143. The van der Waals surface area contributed by atoms with Gasteiger partial charge in [0.1, 0.15) is 17.0 Å². The quantitative estimate of drug-likeness (QED) is 0.163. The van der Waals surface area contributed by atoms with Gasteiger partial charge >= 0.3 is 12.4 Å². The smallest absolute Gasteiger partial charge is 0.417 e. The van der Waals surface area contributed by atoms with E-state index in [4.69, 9.17) is 4.42 Å². The Bertz CT molecular complexity index is 1880. The first kappa shape index (κ1) is 24.9. The third kappa shape index (κ3) is 4.09. The number of benzene rings is 4. The first-order valence-corrected chi connectivity index (χ1v) is 11.9. The molecule has 39 heavy (non-hydrogen) atoms. The van der Waals surface area contributed by atoms with Gasteiger partial charge in [-0.15, -0.1) is 10.2 Å². The minimum Gasteiger partial charge on any atom is -0.454 e. The molecule has 0 aliphatic rings. The minimum absolute atomic E-state index is 0.155. The standard InChI is InChI=1S/C30H18F6N2O/c1-15-16(2)26(23(30(34,35)36)14-22(15)29(31,32)33)28-21-12-18-8-4-3-7-17(18)11-20(21)27(37-38-28)25-13-19-9-5-6-10-24(19)39-25/h3-14H,1-2H3. The van der Waals surface area contributed by atoms with Crippen LogP contribution < -0.4 is 0 Å². The summed E-state index contributed by atoms with van der Waals surface area (Å²) < 4.78 is 89.9. The van der Waals surface area contributed by atoms with Gasteiger partial charge in [0.15, 0.2) is 5.76 Å². The summed E-state index contributed by atoms with van der Waals surface area (Å²) in [5, 5.41) is 11.6. The van der Waals surface area contributed by atoms with Crippen LogP contribution in [0.15, 0.2) is 77.2 Å². The van der Waals surface area contributed by atoms with Gasteiger partial charge in [0.05, 0.1) is 11.1 Å². The van der Waals surface area contributed by atoms with Crippen molar-refractivity contribution in [3.8, 4) is 22.7 Å². The Hall–Kier alpha value is -4.40. The SMILES string of the molecule is Cc1c(C(F)(F)F)cc(C(F)(F)F)c(-c2nnc(-c3cc4ccccc4o3)c3cc4ccccc4cc23)c1C. The maximum absolute atomic E-state index is 14.3. The van der Waals surface area contributed by atoms with Crippen LogP contribution in [0.4, 0.5) is 26.3 Å². The van der Waals surface area contributed by atoms with Crippen LogP contribution in [0.3, 0.4) is 0 Å². The van der Waals surface area contributed by atoms with Gasteiger partial charge in [0, 0.05) is 21.7 Å². The number of rotatable bonds is 2. The van der Waals surface area contributed by atoms with E-state index >= 15 is 0 Å². The van der Waals surface area contributed by atoms with E-state index in [0.29, 0.717) is 27.8 Å². The molecule has 3 nitrogen and oxygen atoms in total. The van der Waals surface area contributed by atoms with Crippen molar-refractivity contribution in [2.45, 2.75) is 26.2 Å². The van der Waals surface area contributed by atoms with Gasteiger partial charge in [-0.2, -0.15) is 26.3 Å². The lowest BCUT2D eigenvalue weighted by Crippen LogP contribution is -2.16. The van der Waals surface area contributed by atoms with Crippen molar-refractivity contribution >= 4 is 32.5 Å². The van der Waals surface area contributed by atoms with E-state index in [9.17, 15) is 26.3 Å². The van der Waals surface area contributed by atoms with Crippen LogP contribution in [0.5, 0.6) is 0 Å². The molecule has 0 spiro atoms. The number of hydrogen-bond donors (Lipinski definition) is 0. The van der Waals surface area contributed by atoms with Gasteiger partial charge in [-0.25, -0.2) is 0 Å². The van der Waals surface area contributed by atoms with E-state index in [2.05, 4.69) is 10.2 Å². The first-order valence-electron chi connectivity index (χ1n) is 11.9.